The topological polar surface area (TPSA) is 71.5 Å². The second-order valence-electron chi connectivity index (χ2n) is 8.74. The van der Waals surface area contributed by atoms with Crippen LogP contribution in [0.5, 0.6) is 0 Å². The number of aromatic nitrogens is 1. The highest BCUT2D eigenvalue weighted by molar-refractivity contribution is 5.75. The molecule has 1 heterocycles. The summed E-state index contributed by atoms with van der Waals surface area (Å²) < 4.78 is 86.7. The molecule has 0 fully saturated rings. The number of halogens is 6. The molecule has 0 saturated heterocycles. The smallest absolute Gasteiger partial charge is 0.416 e. The number of pyridine rings is 1. The second kappa shape index (κ2) is 12.8. The number of urea groups is 1. The number of alkyl halides is 6. The minimum atomic E-state index is -4.82. The molecule has 3 aromatic rings. The lowest BCUT2D eigenvalue weighted by Crippen LogP contribution is -2.39. The molecular weight excluding hydrogens is 540 g/mol. The number of esters is 1. The maximum atomic E-state index is 13.7. The van der Waals surface area contributed by atoms with Crippen LogP contribution in [0, 0.1) is 0 Å². The standard InChI is InChI=1S/C28H27F6N3O3/c1-3-37(26(39)35-16-18-8-6-5-7-9-18)17-19-12-20(27(29,30)31)10-11-23(19)24-14-21(28(32,33)34)13-22(36-24)15-25(38)40-4-2/h5-14H,3-4,15-17H2,1-2H3,(H,35,39). The Morgan fingerprint density at radius 3 is 2.17 bits per heavy atom. The van der Waals surface area contributed by atoms with Crippen LogP contribution in [-0.4, -0.2) is 35.0 Å². The van der Waals surface area contributed by atoms with Gasteiger partial charge in [-0.25, -0.2) is 4.79 Å². The van der Waals surface area contributed by atoms with Gasteiger partial charge in [0.2, 0.25) is 0 Å². The van der Waals surface area contributed by atoms with Crippen molar-refractivity contribution in [1.82, 2.24) is 15.2 Å². The molecule has 214 valence electrons. The van der Waals surface area contributed by atoms with E-state index in [9.17, 15) is 35.9 Å². The SMILES string of the molecule is CCOC(=O)Cc1cc(C(F)(F)F)cc(-c2ccc(C(F)(F)F)cc2CN(CC)C(=O)NCc2ccccc2)n1. The summed E-state index contributed by atoms with van der Waals surface area (Å²) in [6.45, 7) is 3.08. The molecule has 0 bridgehead atoms. The number of carbonyl (C=O) groups excluding carboxylic acids is 2. The van der Waals surface area contributed by atoms with Crippen LogP contribution in [-0.2, 0) is 41.4 Å². The summed E-state index contributed by atoms with van der Waals surface area (Å²) in [5.41, 5.74) is -2.03. The van der Waals surface area contributed by atoms with Crippen molar-refractivity contribution < 1.29 is 40.7 Å². The van der Waals surface area contributed by atoms with E-state index < -0.39 is 41.9 Å². The largest absolute Gasteiger partial charge is 0.466 e. The monoisotopic (exact) mass is 567 g/mol. The number of rotatable bonds is 9. The van der Waals surface area contributed by atoms with Crippen molar-refractivity contribution in [2.75, 3.05) is 13.2 Å². The minimum Gasteiger partial charge on any atom is -0.466 e. The number of hydrogen-bond donors (Lipinski definition) is 1. The average molecular weight is 568 g/mol. The molecule has 0 atom stereocenters. The first-order valence-corrected chi connectivity index (χ1v) is 12.3. The normalized spacial score (nSPS) is 11.7. The van der Waals surface area contributed by atoms with Crippen molar-refractivity contribution >= 4 is 12.0 Å². The fraction of sp³-hybridized carbons (Fsp3) is 0.321. The molecule has 0 saturated carbocycles. The molecule has 2 amide bonds. The number of carbonyl (C=O) groups is 2. The lowest BCUT2D eigenvalue weighted by atomic mass is 9.98. The predicted molar refractivity (Wildman–Crippen MR) is 135 cm³/mol. The Balaban J connectivity index is 2.03. The van der Waals surface area contributed by atoms with Crippen molar-refractivity contribution in [1.29, 1.82) is 0 Å². The molecule has 3 rings (SSSR count). The van der Waals surface area contributed by atoms with Crippen molar-refractivity contribution in [2.45, 2.75) is 45.7 Å². The van der Waals surface area contributed by atoms with Crippen molar-refractivity contribution in [2.24, 2.45) is 0 Å². The number of ether oxygens (including phenoxy) is 1. The summed E-state index contributed by atoms with van der Waals surface area (Å²) in [7, 11) is 0. The van der Waals surface area contributed by atoms with Gasteiger partial charge < -0.3 is 15.0 Å². The maximum absolute atomic E-state index is 13.7. The van der Waals surface area contributed by atoms with Gasteiger partial charge in [-0.3, -0.25) is 9.78 Å². The Labute approximate surface area is 227 Å². The molecule has 0 aliphatic carbocycles. The van der Waals surface area contributed by atoms with Crippen LogP contribution in [0.3, 0.4) is 0 Å². The van der Waals surface area contributed by atoms with Crippen LogP contribution in [0.1, 0.15) is 41.8 Å². The quantitative estimate of drug-likeness (QED) is 0.233. The van der Waals surface area contributed by atoms with Crippen LogP contribution >= 0.6 is 0 Å². The summed E-state index contributed by atoms with van der Waals surface area (Å²) in [6.07, 6.45) is -10.1. The number of benzene rings is 2. The van der Waals surface area contributed by atoms with E-state index >= 15 is 0 Å². The van der Waals surface area contributed by atoms with Gasteiger partial charge in [-0.05, 0) is 49.2 Å². The molecule has 0 spiro atoms. The van der Waals surface area contributed by atoms with Crippen LogP contribution in [0.15, 0.2) is 60.7 Å². The van der Waals surface area contributed by atoms with Gasteiger partial charge in [0, 0.05) is 25.2 Å². The van der Waals surface area contributed by atoms with Gasteiger partial charge in [-0.15, -0.1) is 0 Å². The van der Waals surface area contributed by atoms with Gasteiger partial charge in [-0.2, -0.15) is 26.3 Å². The van der Waals surface area contributed by atoms with E-state index in [1.54, 1.807) is 37.3 Å². The van der Waals surface area contributed by atoms with E-state index in [2.05, 4.69) is 10.3 Å². The fourth-order valence-corrected chi connectivity index (χ4v) is 3.91. The third-order valence-electron chi connectivity index (χ3n) is 5.86. The van der Waals surface area contributed by atoms with Crippen LogP contribution in [0.4, 0.5) is 31.1 Å². The fourth-order valence-electron chi connectivity index (χ4n) is 3.91. The van der Waals surface area contributed by atoms with E-state index in [0.717, 1.165) is 23.8 Å². The first-order valence-electron chi connectivity index (χ1n) is 12.3. The van der Waals surface area contributed by atoms with E-state index in [1.165, 1.54) is 11.8 Å². The third kappa shape index (κ3) is 8.20. The first-order chi connectivity index (χ1) is 18.8. The molecule has 0 aliphatic heterocycles. The molecule has 1 N–H and O–H groups in total. The Morgan fingerprint density at radius 1 is 0.900 bits per heavy atom. The van der Waals surface area contributed by atoms with Crippen molar-refractivity contribution in [3.05, 3.63) is 88.6 Å². The van der Waals surface area contributed by atoms with Gasteiger partial charge in [0.05, 0.1) is 35.5 Å². The highest BCUT2D eigenvalue weighted by Crippen LogP contribution is 2.36. The second-order valence-corrected chi connectivity index (χ2v) is 8.74. The number of amides is 2. The Hall–Kier alpha value is -4.09. The molecular formula is C28H27F6N3O3. The van der Waals surface area contributed by atoms with Crippen molar-refractivity contribution in [3.63, 3.8) is 0 Å². The zero-order chi connectivity index (χ0) is 29.5. The Kier molecular flexibility index (Phi) is 9.78. The van der Waals surface area contributed by atoms with Crippen LogP contribution < -0.4 is 5.32 Å². The molecule has 0 radical (unpaired) electrons. The van der Waals surface area contributed by atoms with E-state index in [1.807, 2.05) is 0 Å². The summed E-state index contributed by atoms with van der Waals surface area (Å²) in [5.74, 6) is -0.805. The molecule has 40 heavy (non-hydrogen) atoms. The molecule has 12 heteroatoms. The minimum absolute atomic E-state index is 0.00684. The van der Waals surface area contributed by atoms with E-state index in [0.29, 0.717) is 12.1 Å². The van der Waals surface area contributed by atoms with Gasteiger partial charge in [0.1, 0.15) is 0 Å². The van der Waals surface area contributed by atoms with Gasteiger partial charge in [0.25, 0.3) is 0 Å². The van der Waals surface area contributed by atoms with Gasteiger partial charge in [0.15, 0.2) is 0 Å². The zero-order valence-electron chi connectivity index (χ0n) is 21.7. The highest BCUT2D eigenvalue weighted by atomic mass is 19.4. The molecule has 2 aromatic carbocycles. The Morgan fingerprint density at radius 2 is 1.57 bits per heavy atom. The summed E-state index contributed by atoms with van der Waals surface area (Å²) in [6, 6.07) is 12.3. The number of hydrogen-bond acceptors (Lipinski definition) is 4. The third-order valence-corrected chi connectivity index (χ3v) is 5.86. The highest BCUT2D eigenvalue weighted by Gasteiger charge is 2.34. The lowest BCUT2D eigenvalue weighted by molar-refractivity contribution is -0.143. The van der Waals surface area contributed by atoms with E-state index in [-0.39, 0.29) is 48.8 Å². The molecule has 1 aromatic heterocycles. The first kappa shape index (κ1) is 30.5. The summed E-state index contributed by atoms with van der Waals surface area (Å²) >= 11 is 0. The maximum Gasteiger partial charge on any atom is 0.416 e. The van der Waals surface area contributed by atoms with Crippen LogP contribution in [0.2, 0.25) is 0 Å². The van der Waals surface area contributed by atoms with E-state index in [4.69, 9.17) is 4.74 Å². The van der Waals surface area contributed by atoms with Crippen molar-refractivity contribution in [3.8, 4) is 11.3 Å². The van der Waals surface area contributed by atoms with Gasteiger partial charge >= 0.3 is 24.4 Å². The number of nitrogens with one attached hydrogen (secondary N) is 1. The molecule has 0 unspecified atom stereocenters. The summed E-state index contributed by atoms with van der Waals surface area (Å²) in [4.78, 5) is 30.2. The molecule has 6 nitrogen and oxygen atoms in total. The lowest BCUT2D eigenvalue weighted by Gasteiger charge is -2.24. The summed E-state index contributed by atoms with van der Waals surface area (Å²) in [5, 5.41) is 2.69. The Bertz CT molecular complexity index is 1330. The average Bonchev–Trinajstić information content (AvgIpc) is 2.89. The number of nitrogens with zero attached hydrogens (tertiary/aromatic N) is 2. The molecule has 0 aliphatic rings. The van der Waals surface area contributed by atoms with Crippen LogP contribution in [0.25, 0.3) is 11.3 Å². The zero-order valence-corrected chi connectivity index (χ0v) is 21.7. The van der Waals surface area contributed by atoms with Gasteiger partial charge in [-0.1, -0.05) is 36.4 Å². The predicted octanol–water partition coefficient (Wildman–Crippen LogP) is 6.62.